The van der Waals surface area contributed by atoms with Crippen molar-refractivity contribution in [3.05, 3.63) is 112 Å². The molecule has 166 valence electrons. The summed E-state index contributed by atoms with van der Waals surface area (Å²) >= 11 is 0. The minimum absolute atomic E-state index is 0.00313. The van der Waals surface area contributed by atoms with Crippen molar-refractivity contribution in [1.29, 1.82) is 0 Å². The highest BCUT2D eigenvalue weighted by molar-refractivity contribution is 5.70. The molecule has 0 bridgehead atoms. The first kappa shape index (κ1) is 23.2. The zero-order valence-electron chi connectivity index (χ0n) is 18.4. The van der Waals surface area contributed by atoms with Crippen LogP contribution >= 0.6 is 0 Å². The van der Waals surface area contributed by atoms with E-state index in [-0.39, 0.29) is 30.7 Å². The maximum Gasteiger partial charge on any atom is 0.307 e. The Hall–Kier alpha value is -3.51. The van der Waals surface area contributed by atoms with Crippen LogP contribution in [0, 0.1) is 10.1 Å². The average molecular weight is 433 g/mol. The summed E-state index contributed by atoms with van der Waals surface area (Å²) in [6.45, 7) is 4.72. The topological polar surface area (TPSA) is 72.7 Å². The normalized spacial score (nSPS) is 12.8. The minimum Gasteiger partial charge on any atom is -0.466 e. The highest BCUT2D eigenvalue weighted by Crippen LogP contribution is 2.36. The first-order chi connectivity index (χ1) is 15.5. The van der Waals surface area contributed by atoms with Gasteiger partial charge in [0.1, 0.15) is 0 Å². The highest BCUT2D eigenvalue weighted by Gasteiger charge is 2.29. The van der Waals surface area contributed by atoms with Crippen molar-refractivity contribution in [3.63, 3.8) is 0 Å². The SMILES string of the molecule is CCOC(=O)C[C@H](c1cccc([N+](=O)[O-])c1)N(Cc1ccccc1)[C@H](C)c1ccccc1. The van der Waals surface area contributed by atoms with E-state index >= 15 is 0 Å². The number of non-ortho nitro benzene ring substituents is 1. The monoisotopic (exact) mass is 432 g/mol. The second-order valence-corrected chi connectivity index (χ2v) is 7.62. The van der Waals surface area contributed by atoms with Crippen LogP contribution in [0.1, 0.15) is 49.0 Å². The van der Waals surface area contributed by atoms with Crippen LogP contribution in [0.3, 0.4) is 0 Å². The molecule has 3 aromatic carbocycles. The number of carbonyl (C=O) groups is 1. The number of ether oxygens (including phenoxy) is 1. The number of nitro groups is 1. The summed E-state index contributed by atoms with van der Waals surface area (Å²) in [6.07, 6.45) is 0.0962. The molecular formula is C26H28N2O4. The number of hydrogen-bond donors (Lipinski definition) is 0. The van der Waals surface area contributed by atoms with E-state index in [2.05, 4.69) is 24.0 Å². The third kappa shape index (κ3) is 6.02. The van der Waals surface area contributed by atoms with E-state index in [4.69, 9.17) is 4.74 Å². The summed E-state index contributed by atoms with van der Waals surface area (Å²) in [7, 11) is 0. The fraction of sp³-hybridized carbons (Fsp3) is 0.269. The maximum absolute atomic E-state index is 12.6. The van der Waals surface area contributed by atoms with Gasteiger partial charge in [-0.3, -0.25) is 19.8 Å². The van der Waals surface area contributed by atoms with E-state index in [9.17, 15) is 14.9 Å². The number of nitrogens with zero attached hydrogens (tertiary/aromatic N) is 2. The molecule has 3 rings (SSSR count). The number of rotatable bonds is 10. The second-order valence-electron chi connectivity index (χ2n) is 7.62. The van der Waals surface area contributed by atoms with E-state index in [1.54, 1.807) is 19.1 Å². The summed E-state index contributed by atoms with van der Waals surface area (Å²) in [4.78, 5) is 25.8. The van der Waals surface area contributed by atoms with Gasteiger partial charge in [-0.05, 0) is 30.5 Å². The predicted octanol–water partition coefficient (Wildman–Crippen LogP) is 5.85. The van der Waals surface area contributed by atoms with E-state index in [0.29, 0.717) is 12.1 Å². The Kier molecular flexibility index (Phi) is 8.11. The van der Waals surface area contributed by atoms with Crippen LogP contribution in [-0.2, 0) is 16.1 Å². The molecule has 0 aliphatic rings. The van der Waals surface area contributed by atoms with Crippen molar-refractivity contribution in [3.8, 4) is 0 Å². The van der Waals surface area contributed by atoms with Gasteiger partial charge in [-0.15, -0.1) is 0 Å². The molecule has 0 spiro atoms. The molecule has 2 atom stereocenters. The molecule has 0 unspecified atom stereocenters. The smallest absolute Gasteiger partial charge is 0.307 e. The van der Waals surface area contributed by atoms with E-state index in [1.807, 2.05) is 54.6 Å². The minimum atomic E-state index is -0.410. The molecule has 0 N–H and O–H groups in total. The lowest BCUT2D eigenvalue weighted by molar-refractivity contribution is -0.385. The number of benzene rings is 3. The van der Waals surface area contributed by atoms with Gasteiger partial charge in [0.15, 0.2) is 0 Å². The Morgan fingerprint density at radius 3 is 2.22 bits per heavy atom. The van der Waals surface area contributed by atoms with Crippen molar-refractivity contribution in [2.75, 3.05) is 6.61 Å². The van der Waals surface area contributed by atoms with Crippen LogP contribution in [-0.4, -0.2) is 22.4 Å². The van der Waals surface area contributed by atoms with Crippen LogP contribution in [0.2, 0.25) is 0 Å². The zero-order chi connectivity index (χ0) is 22.9. The van der Waals surface area contributed by atoms with E-state index in [1.165, 1.54) is 6.07 Å². The molecular weight excluding hydrogens is 404 g/mol. The standard InChI is InChI=1S/C26H28N2O4/c1-3-32-26(29)18-25(23-15-10-16-24(17-23)28(30)31)27(19-21-11-6-4-7-12-21)20(2)22-13-8-5-9-14-22/h4-17,20,25H,3,18-19H2,1-2H3/t20-,25-/m1/s1. The van der Waals surface area contributed by atoms with Crippen molar-refractivity contribution in [2.24, 2.45) is 0 Å². The fourth-order valence-corrected chi connectivity index (χ4v) is 3.88. The predicted molar refractivity (Wildman–Crippen MR) is 124 cm³/mol. The first-order valence-electron chi connectivity index (χ1n) is 10.7. The molecule has 32 heavy (non-hydrogen) atoms. The van der Waals surface area contributed by atoms with Gasteiger partial charge in [-0.25, -0.2) is 0 Å². The molecule has 0 aliphatic heterocycles. The van der Waals surface area contributed by atoms with Crippen molar-refractivity contribution < 1.29 is 14.5 Å². The lowest BCUT2D eigenvalue weighted by Gasteiger charge is -2.37. The molecule has 0 heterocycles. The Labute approximate surface area is 188 Å². The Morgan fingerprint density at radius 2 is 1.59 bits per heavy atom. The van der Waals surface area contributed by atoms with Crippen LogP contribution in [0.5, 0.6) is 0 Å². The van der Waals surface area contributed by atoms with Gasteiger partial charge in [-0.1, -0.05) is 72.8 Å². The molecule has 3 aromatic rings. The van der Waals surface area contributed by atoms with Crippen molar-refractivity contribution in [2.45, 2.75) is 38.9 Å². The molecule has 0 aliphatic carbocycles. The van der Waals surface area contributed by atoms with Crippen molar-refractivity contribution >= 4 is 11.7 Å². The summed E-state index contributed by atoms with van der Waals surface area (Å²) in [5, 5.41) is 11.4. The summed E-state index contributed by atoms with van der Waals surface area (Å²) < 4.78 is 5.26. The van der Waals surface area contributed by atoms with Gasteiger partial charge in [-0.2, -0.15) is 0 Å². The van der Waals surface area contributed by atoms with Crippen LogP contribution in [0.4, 0.5) is 5.69 Å². The molecule has 6 nitrogen and oxygen atoms in total. The Balaban J connectivity index is 2.07. The lowest BCUT2D eigenvalue weighted by atomic mass is 9.96. The van der Waals surface area contributed by atoms with Gasteiger partial charge >= 0.3 is 5.97 Å². The quantitative estimate of drug-likeness (QED) is 0.228. The fourth-order valence-electron chi connectivity index (χ4n) is 3.88. The lowest BCUT2D eigenvalue weighted by Crippen LogP contribution is -2.33. The van der Waals surface area contributed by atoms with Gasteiger partial charge in [0.2, 0.25) is 0 Å². The van der Waals surface area contributed by atoms with E-state index in [0.717, 1.165) is 11.1 Å². The average Bonchev–Trinajstić information content (AvgIpc) is 2.82. The van der Waals surface area contributed by atoms with Gasteiger partial charge in [0, 0.05) is 30.8 Å². The second kappa shape index (κ2) is 11.2. The molecule has 0 radical (unpaired) electrons. The number of carbonyl (C=O) groups excluding carboxylic acids is 1. The maximum atomic E-state index is 12.6. The molecule has 0 aromatic heterocycles. The zero-order valence-corrected chi connectivity index (χ0v) is 18.4. The highest BCUT2D eigenvalue weighted by atomic mass is 16.6. The van der Waals surface area contributed by atoms with E-state index < -0.39 is 11.0 Å². The first-order valence-corrected chi connectivity index (χ1v) is 10.7. The molecule has 6 heteroatoms. The molecule has 0 fully saturated rings. The van der Waals surface area contributed by atoms with Gasteiger partial charge < -0.3 is 4.74 Å². The third-order valence-electron chi connectivity index (χ3n) is 5.52. The summed E-state index contributed by atoms with van der Waals surface area (Å²) in [5.74, 6) is -0.331. The Morgan fingerprint density at radius 1 is 0.969 bits per heavy atom. The number of hydrogen-bond acceptors (Lipinski definition) is 5. The van der Waals surface area contributed by atoms with Crippen molar-refractivity contribution in [1.82, 2.24) is 4.90 Å². The largest absolute Gasteiger partial charge is 0.466 e. The summed E-state index contributed by atoms with van der Waals surface area (Å²) in [6, 6.07) is 26.1. The number of nitro benzene ring substituents is 1. The number of esters is 1. The third-order valence-corrected chi connectivity index (χ3v) is 5.52. The van der Waals surface area contributed by atoms with Crippen LogP contribution < -0.4 is 0 Å². The summed E-state index contributed by atoms with van der Waals surface area (Å²) in [5.41, 5.74) is 2.91. The van der Waals surface area contributed by atoms with Crippen LogP contribution in [0.25, 0.3) is 0 Å². The molecule has 0 saturated heterocycles. The van der Waals surface area contributed by atoms with Gasteiger partial charge in [0.05, 0.1) is 18.0 Å². The molecule has 0 saturated carbocycles. The Bertz CT molecular complexity index is 1020. The molecule has 0 amide bonds. The van der Waals surface area contributed by atoms with Gasteiger partial charge in [0.25, 0.3) is 5.69 Å². The van der Waals surface area contributed by atoms with Crippen LogP contribution in [0.15, 0.2) is 84.9 Å².